The molecule has 2 aromatic carbocycles. The first kappa shape index (κ1) is 21.5. The molecule has 1 aliphatic heterocycles. The van der Waals surface area contributed by atoms with Crippen LogP contribution in [0.2, 0.25) is 0 Å². The summed E-state index contributed by atoms with van der Waals surface area (Å²) in [6, 6.07) is 10.9. The highest BCUT2D eigenvalue weighted by Crippen LogP contribution is 2.34. The molecule has 1 aliphatic rings. The van der Waals surface area contributed by atoms with Gasteiger partial charge in [0.1, 0.15) is 29.3 Å². The van der Waals surface area contributed by atoms with Gasteiger partial charge in [-0.15, -0.1) is 0 Å². The number of rotatable bonds is 6. The first-order valence-corrected chi connectivity index (χ1v) is 10.6. The van der Waals surface area contributed by atoms with Crippen LogP contribution in [0.5, 0.6) is 17.2 Å². The van der Waals surface area contributed by atoms with Gasteiger partial charge in [0.15, 0.2) is 0 Å². The second kappa shape index (κ2) is 8.54. The summed E-state index contributed by atoms with van der Waals surface area (Å²) in [4.78, 5) is 24.4. The monoisotopic (exact) mass is 461 g/mol. The van der Waals surface area contributed by atoms with E-state index in [-0.39, 0.29) is 12.5 Å². The lowest BCUT2D eigenvalue weighted by atomic mass is 10.1. The summed E-state index contributed by atoms with van der Waals surface area (Å²) >= 11 is 0. The van der Waals surface area contributed by atoms with E-state index in [9.17, 15) is 4.79 Å². The van der Waals surface area contributed by atoms with Crippen molar-refractivity contribution in [3.8, 4) is 34.5 Å². The van der Waals surface area contributed by atoms with Crippen molar-refractivity contribution in [3.63, 3.8) is 0 Å². The third-order valence-corrected chi connectivity index (χ3v) is 5.78. The molecule has 0 spiro atoms. The van der Waals surface area contributed by atoms with Crippen molar-refractivity contribution in [2.75, 3.05) is 21.3 Å². The molecule has 1 amide bonds. The van der Waals surface area contributed by atoms with Crippen molar-refractivity contribution in [2.45, 2.75) is 20.0 Å². The van der Waals surface area contributed by atoms with Crippen molar-refractivity contribution in [1.82, 2.24) is 24.6 Å². The Morgan fingerprint density at radius 1 is 1.03 bits per heavy atom. The number of hydrogen-bond acceptors (Lipinski definition) is 8. The average molecular weight is 461 g/mol. The predicted molar refractivity (Wildman–Crippen MR) is 121 cm³/mol. The maximum atomic E-state index is 13.8. The molecule has 0 saturated heterocycles. The summed E-state index contributed by atoms with van der Waals surface area (Å²) in [6.07, 6.45) is 1.67. The van der Waals surface area contributed by atoms with Crippen molar-refractivity contribution in [1.29, 1.82) is 0 Å². The minimum absolute atomic E-state index is 0.147. The summed E-state index contributed by atoms with van der Waals surface area (Å²) in [5, 5.41) is 4.04. The van der Waals surface area contributed by atoms with Gasteiger partial charge in [0.05, 0.1) is 51.4 Å². The zero-order valence-electron chi connectivity index (χ0n) is 19.2. The molecule has 5 rings (SSSR count). The number of benzene rings is 2. The Bertz CT molecular complexity index is 1380. The van der Waals surface area contributed by atoms with Crippen molar-refractivity contribution in [3.05, 3.63) is 65.4 Å². The lowest BCUT2D eigenvalue weighted by Gasteiger charge is -2.22. The molecule has 0 N–H and O–H groups in total. The molecular weight excluding hydrogens is 438 g/mol. The highest BCUT2D eigenvalue weighted by atomic mass is 16.5. The quantitative estimate of drug-likeness (QED) is 0.430. The highest BCUT2D eigenvalue weighted by molar-refractivity contribution is 5.99. The first-order chi connectivity index (χ1) is 16.5. The lowest BCUT2D eigenvalue weighted by Crippen LogP contribution is -2.29. The Morgan fingerprint density at radius 3 is 2.50 bits per heavy atom. The second-order valence-corrected chi connectivity index (χ2v) is 7.77. The summed E-state index contributed by atoms with van der Waals surface area (Å²) in [7, 11) is 4.76. The number of carbonyl (C=O) groups is 1. The van der Waals surface area contributed by atoms with E-state index in [4.69, 9.17) is 18.7 Å². The molecule has 0 bridgehead atoms. The number of aromatic nitrogens is 4. The molecule has 0 saturated carbocycles. The van der Waals surface area contributed by atoms with Crippen LogP contribution < -0.4 is 14.2 Å². The van der Waals surface area contributed by atoms with E-state index in [1.165, 1.54) is 0 Å². The van der Waals surface area contributed by atoms with Crippen LogP contribution in [0.1, 0.15) is 27.5 Å². The summed E-state index contributed by atoms with van der Waals surface area (Å²) in [5.41, 5.74) is 3.36. The fraction of sp³-hybridized carbons (Fsp3) is 0.250. The molecule has 0 fully saturated rings. The van der Waals surface area contributed by atoms with Gasteiger partial charge >= 0.3 is 0 Å². The van der Waals surface area contributed by atoms with Gasteiger partial charge in [-0.05, 0) is 30.3 Å². The summed E-state index contributed by atoms with van der Waals surface area (Å²) in [5.74, 6) is 2.55. The lowest BCUT2D eigenvalue weighted by molar-refractivity contribution is 0.0732. The Morgan fingerprint density at radius 2 is 1.79 bits per heavy atom. The zero-order chi connectivity index (χ0) is 23.8. The predicted octanol–water partition coefficient (Wildman–Crippen LogP) is 3.41. The van der Waals surface area contributed by atoms with Gasteiger partial charge in [-0.1, -0.05) is 5.16 Å². The van der Waals surface area contributed by atoms with Crippen LogP contribution in [-0.2, 0) is 13.1 Å². The van der Waals surface area contributed by atoms with E-state index in [1.54, 1.807) is 51.6 Å². The molecule has 4 aromatic rings. The number of hydrogen-bond donors (Lipinski definition) is 0. The molecule has 0 aliphatic carbocycles. The Hall–Kier alpha value is -4.34. The van der Waals surface area contributed by atoms with Crippen LogP contribution in [0.15, 0.2) is 47.2 Å². The van der Waals surface area contributed by atoms with Crippen molar-refractivity contribution < 1.29 is 23.5 Å². The van der Waals surface area contributed by atoms with Gasteiger partial charge in [-0.25, -0.2) is 4.98 Å². The van der Waals surface area contributed by atoms with Gasteiger partial charge in [-0.2, -0.15) is 4.98 Å². The fourth-order valence-corrected chi connectivity index (χ4v) is 4.08. The van der Waals surface area contributed by atoms with Gasteiger partial charge < -0.3 is 23.6 Å². The van der Waals surface area contributed by atoms with Gasteiger partial charge in [0.25, 0.3) is 5.91 Å². The van der Waals surface area contributed by atoms with Crippen LogP contribution in [0.4, 0.5) is 0 Å². The number of methoxy groups -OCH3 is 3. The molecule has 0 unspecified atom stereocenters. The molecular formula is C24H23N5O5. The van der Waals surface area contributed by atoms with Gasteiger partial charge in [-0.3, -0.25) is 9.36 Å². The molecule has 10 nitrogen and oxygen atoms in total. The normalized spacial score (nSPS) is 12.7. The number of imidazole rings is 1. The zero-order valence-corrected chi connectivity index (χ0v) is 19.2. The maximum Gasteiger partial charge on any atom is 0.256 e. The standard InChI is InChI=1S/C24H23N5O5/c1-14-26-23(27-34-14)22-20-12-28(11-15-5-6-17(32-3)10-21(15)33-4)24(30)18-9-16(31-2)7-8-19(18)29(20)13-25-22/h5-10,13H,11-12H2,1-4H3. The van der Waals surface area contributed by atoms with Crippen LogP contribution in [0.25, 0.3) is 17.2 Å². The number of amides is 1. The number of nitrogens with zero attached hydrogens (tertiary/aromatic N) is 5. The molecule has 3 heterocycles. The fourth-order valence-electron chi connectivity index (χ4n) is 4.08. The van der Waals surface area contributed by atoms with Crippen LogP contribution in [-0.4, -0.2) is 51.8 Å². The average Bonchev–Trinajstić information content (AvgIpc) is 3.46. The highest BCUT2D eigenvalue weighted by Gasteiger charge is 2.31. The number of aryl methyl sites for hydroxylation is 1. The largest absolute Gasteiger partial charge is 0.497 e. The van der Waals surface area contributed by atoms with E-state index in [0.29, 0.717) is 52.5 Å². The van der Waals surface area contributed by atoms with E-state index < -0.39 is 0 Å². The topological polar surface area (TPSA) is 105 Å². The van der Waals surface area contributed by atoms with E-state index in [1.807, 2.05) is 28.8 Å². The third kappa shape index (κ3) is 3.62. The number of fused-ring (bicyclic) bond motifs is 3. The molecule has 10 heteroatoms. The Balaban J connectivity index is 1.64. The molecule has 0 atom stereocenters. The van der Waals surface area contributed by atoms with Crippen LogP contribution in [0.3, 0.4) is 0 Å². The Labute approximate surface area is 195 Å². The second-order valence-electron chi connectivity index (χ2n) is 7.77. The van der Waals surface area contributed by atoms with Crippen molar-refractivity contribution in [2.24, 2.45) is 0 Å². The Kier molecular flexibility index (Phi) is 5.40. The van der Waals surface area contributed by atoms with Gasteiger partial charge in [0, 0.05) is 18.6 Å². The molecule has 34 heavy (non-hydrogen) atoms. The maximum absolute atomic E-state index is 13.8. The summed E-state index contributed by atoms with van der Waals surface area (Å²) < 4.78 is 23.3. The molecule has 174 valence electrons. The molecule has 2 aromatic heterocycles. The first-order valence-electron chi connectivity index (χ1n) is 10.6. The minimum Gasteiger partial charge on any atom is -0.497 e. The number of ether oxygens (including phenoxy) is 3. The van der Waals surface area contributed by atoms with Gasteiger partial charge in [0.2, 0.25) is 11.7 Å². The van der Waals surface area contributed by atoms with Crippen LogP contribution >= 0.6 is 0 Å². The SMILES string of the molecule is COc1ccc(CN2Cc3c(-c4noc(C)n4)ncn3-c3ccc(OC)cc3C2=O)c(OC)c1. The van der Waals surface area contributed by atoms with E-state index >= 15 is 0 Å². The van der Waals surface area contributed by atoms with Crippen LogP contribution in [0, 0.1) is 6.92 Å². The minimum atomic E-state index is -0.147. The number of carbonyl (C=O) groups excluding carboxylic acids is 1. The van der Waals surface area contributed by atoms with Crippen molar-refractivity contribution >= 4 is 5.91 Å². The van der Waals surface area contributed by atoms with E-state index in [0.717, 1.165) is 11.3 Å². The molecule has 0 radical (unpaired) electrons. The summed E-state index contributed by atoms with van der Waals surface area (Å²) in [6.45, 7) is 2.30. The van der Waals surface area contributed by atoms with E-state index in [2.05, 4.69) is 15.1 Å². The smallest absolute Gasteiger partial charge is 0.256 e. The third-order valence-electron chi connectivity index (χ3n) is 5.78.